The van der Waals surface area contributed by atoms with Gasteiger partial charge in [0.1, 0.15) is 5.82 Å². The van der Waals surface area contributed by atoms with E-state index < -0.39 is 12.9 Å². The van der Waals surface area contributed by atoms with Gasteiger partial charge in [0.25, 0.3) is 0 Å². The second-order valence-electron chi connectivity index (χ2n) is 4.26. The van der Waals surface area contributed by atoms with E-state index in [1.54, 1.807) is 12.4 Å². The molecule has 1 heterocycles. The molecule has 18 heavy (non-hydrogen) atoms. The summed E-state index contributed by atoms with van der Waals surface area (Å²) in [5, 5.41) is 18.5. The van der Waals surface area contributed by atoms with Crippen molar-refractivity contribution < 1.29 is 14.4 Å². The molecule has 2 N–H and O–H groups in total. The number of imidazole rings is 1. The van der Waals surface area contributed by atoms with Crippen LogP contribution in [-0.2, 0) is 6.54 Å². The fourth-order valence-electron chi connectivity index (χ4n) is 1.84. The topological polar surface area (TPSA) is 58.3 Å². The van der Waals surface area contributed by atoms with Crippen LogP contribution in [0.4, 0.5) is 4.39 Å². The van der Waals surface area contributed by atoms with Crippen molar-refractivity contribution in [3.05, 3.63) is 47.3 Å². The Morgan fingerprint density at radius 2 is 2.06 bits per heavy atom. The van der Waals surface area contributed by atoms with E-state index in [1.165, 1.54) is 6.07 Å². The Morgan fingerprint density at radius 1 is 1.33 bits per heavy atom. The molecule has 94 valence electrons. The normalized spacial score (nSPS) is 10.7. The van der Waals surface area contributed by atoms with Crippen molar-refractivity contribution >= 4 is 12.6 Å². The highest BCUT2D eigenvalue weighted by Crippen LogP contribution is 2.09. The lowest BCUT2D eigenvalue weighted by molar-refractivity contribution is 0.425. The average Bonchev–Trinajstić information content (AvgIpc) is 2.63. The quantitative estimate of drug-likeness (QED) is 0.771. The molecule has 0 aliphatic heterocycles. The summed E-state index contributed by atoms with van der Waals surface area (Å²) in [5.41, 5.74) is 2.76. The maximum Gasteiger partial charge on any atom is 0.488 e. The molecule has 0 saturated heterocycles. The molecule has 0 amide bonds. The molecule has 1 aromatic heterocycles. The van der Waals surface area contributed by atoms with E-state index in [9.17, 15) is 14.4 Å². The molecule has 0 spiro atoms. The van der Waals surface area contributed by atoms with E-state index in [1.807, 2.05) is 18.4 Å². The van der Waals surface area contributed by atoms with Crippen LogP contribution in [0.15, 0.2) is 24.5 Å². The van der Waals surface area contributed by atoms with Crippen LogP contribution >= 0.6 is 0 Å². The van der Waals surface area contributed by atoms with Crippen molar-refractivity contribution in [2.75, 3.05) is 0 Å². The fourth-order valence-corrected chi connectivity index (χ4v) is 1.84. The molecular weight excluding hydrogens is 234 g/mol. The molecule has 6 heteroatoms. The van der Waals surface area contributed by atoms with Crippen molar-refractivity contribution in [2.24, 2.45) is 0 Å². The standard InChI is InChI=1S/C12H14BFN2O2/c1-8-9(2)16(7-15-8)6-10-3-4-11(14)5-12(10)13(17)18/h3-5,7,17-18H,6H2,1-2H3. The van der Waals surface area contributed by atoms with Crippen molar-refractivity contribution in [2.45, 2.75) is 20.4 Å². The summed E-state index contributed by atoms with van der Waals surface area (Å²) in [4.78, 5) is 4.17. The third-order valence-corrected chi connectivity index (χ3v) is 3.07. The monoisotopic (exact) mass is 248 g/mol. The minimum Gasteiger partial charge on any atom is -0.423 e. The van der Waals surface area contributed by atoms with Gasteiger partial charge in [-0.25, -0.2) is 9.37 Å². The van der Waals surface area contributed by atoms with E-state index in [0.717, 1.165) is 17.5 Å². The second kappa shape index (κ2) is 4.92. The minimum absolute atomic E-state index is 0.181. The van der Waals surface area contributed by atoms with Crippen LogP contribution in [0.1, 0.15) is 17.0 Å². The van der Waals surface area contributed by atoms with E-state index in [0.29, 0.717) is 12.1 Å². The van der Waals surface area contributed by atoms with Crippen molar-refractivity contribution in [1.29, 1.82) is 0 Å². The highest BCUT2D eigenvalue weighted by atomic mass is 19.1. The van der Waals surface area contributed by atoms with Crippen LogP contribution in [0.3, 0.4) is 0 Å². The van der Waals surface area contributed by atoms with Crippen molar-refractivity contribution in [1.82, 2.24) is 9.55 Å². The first-order valence-electron chi connectivity index (χ1n) is 5.62. The van der Waals surface area contributed by atoms with Gasteiger partial charge in [-0.15, -0.1) is 0 Å². The lowest BCUT2D eigenvalue weighted by Crippen LogP contribution is -2.34. The number of hydrogen-bond acceptors (Lipinski definition) is 3. The first kappa shape index (κ1) is 12.8. The Kier molecular flexibility index (Phi) is 3.49. The second-order valence-corrected chi connectivity index (χ2v) is 4.26. The number of benzene rings is 1. The van der Waals surface area contributed by atoms with Gasteiger partial charge >= 0.3 is 7.12 Å². The molecule has 2 aromatic rings. The van der Waals surface area contributed by atoms with Crippen LogP contribution in [0, 0.1) is 19.7 Å². The van der Waals surface area contributed by atoms with Crippen molar-refractivity contribution in [3.8, 4) is 0 Å². The lowest BCUT2D eigenvalue weighted by Gasteiger charge is -2.11. The van der Waals surface area contributed by atoms with Gasteiger partial charge in [-0.3, -0.25) is 0 Å². The van der Waals surface area contributed by atoms with Crippen LogP contribution in [0.5, 0.6) is 0 Å². The Hall–Kier alpha value is -1.66. The van der Waals surface area contributed by atoms with E-state index >= 15 is 0 Å². The predicted molar refractivity (Wildman–Crippen MR) is 67.0 cm³/mol. The zero-order valence-electron chi connectivity index (χ0n) is 10.3. The van der Waals surface area contributed by atoms with Gasteiger partial charge < -0.3 is 14.6 Å². The summed E-state index contributed by atoms with van der Waals surface area (Å²) in [6, 6.07) is 4.00. The summed E-state index contributed by atoms with van der Waals surface area (Å²) in [6.45, 7) is 4.26. The number of rotatable bonds is 3. The van der Waals surface area contributed by atoms with Gasteiger partial charge in [-0.1, -0.05) is 6.07 Å². The largest absolute Gasteiger partial charge is 0.488 e. The van der Waals surface area contributed by atoms with E-state index in [2.05, 4.69) is 4.98 Å². The molecule has 0 fully saturated rings. The van der Waals surface area contributed by atoms with Crippen LogP contribution in [-0.4, -0.2) is 26.7 Å². The summed E-state index contributed by atoms with van der Waals surface area (Å²) in [5.74, 6) is -0.486. The molecule has 0 atom stereocenters. The smallest absolute Gasteiger partial charge is 0.423 e. The number of hydrogen-bond donors (Lipinski definition) is 2. The molecule has 2 rings (SSSR count). The fraction of sp³-hybridized carbons (Fsp3) is 0.250. The highest BCUT2D eigenvalue weighted by Gasteiger charge is 2.17. The van der Waals surface area contributed by atoms with Gasteiger partial charge in [-0.2, -0.15) is 0 Å². The first-order valence-corrected chi connectivity index (χ1v) is 5.62. The predicted octanol–water partition coefficient (Wildman–Crippen LogP) is 0.367. The minimum atomic E-state index is -1.68. The maximum absolute atomic E-state index is 13.1. The Morgan fingerprint density at radius 3 is 2.61 bits per heavy atom. The summed E-state index contributed by atoms with van der Waals surface area (Å²) in [6.07, 6.45) is 1.68. The molecule has 0 radical (unpaired) electrons. The molecule has 0 bridgehead atoms. The van der Waals surface area contributed by atoms with Crippen LogP contribution in [0.2, 0.25) is 0 Å². The van der Waals surface area contributed by atoms with Crippen molar-refractivity contribution in [3.63, 3.8) is 0 Å². The number of aryl methyl sites for hydroxylation is 1. The lowest BCUT2D eigenvalue weighted by atomic mass is 9.77. The van der Waals surface area contributed by atoms with E-state index in [-0.39, 0.29) is 5.46 Å². The number of halogens is 1. The van der Waals surface area contributed by atoms with E-state index in [4.69, 9.17) is 0 Å². The Balaban J connectivity index is 2.37. The summed E-state index contributed by atoms with van der Waals surface area (Å²) < 4.78 is 15.0. The van der Waals surface area contributed by atoms with Gasteiger partial charge in [0.05, 0.1) is 12.0 Å². The zero-order chi connectivity index (χ0) is 13.3. The Labute approximate surface area is 105 Å². The van der Waals surface area contributed by atoms with Crippen LogP contribution < -0.4 is 5.46 Å². The molecule has 0 aliphatic carbocycles. The van der Waals surface area contributed by atoms with Gasteiger partial charge in [0, 0.05) is 12.2 Å². The molecule has 0 unspecified atom stereocenters. The molecule has 1 aromatic carbocycles. The SMILES string of the molecule is Cc1ncn(Cc2ccc(F)cc2B(O)O)c1C. The molecule has 0 saturated carbocycles. The number of nitrogens with zero attached hydrogens (tertiary/aromatic N) is 2. The molecule has 4 nitrogen and oxygen atoms in total. The highest BCUT2D eigenvalue weighted by molar-refractivity contribution is 6.59. The van der Waals surface area contributed by atoms with Gasteiger partial charge in [-0.05, 0) is 37.0 Å². The third-order valence-electron chi connectivity index (χ3n) is 3.07. The molecule has 0 aliphatic rings. The van der Waals surface area contributed by atoms with Gasteiger partial charge in [0.2, 0.25) is 0 Å². The van der Waals surface area contributed by atoms with Crippen LogP contribution in [0.25, 0.3) is 0 Å². The zero-order valence-corrected chi connectivity index (χ0v) is 10.3. The summed E-state index contributed by atoms with van der Waals surface area (Å²) >= 11 is 0. The maximum atomic E-state index is 13.1. The molecular formula is C12H14BFN2O2. The summed E-state index contributed by atoms with van der Waals surface area (Å²) in [7, 11) is -1.68. The third kappa shape index (κ3) is 2.44. The first-order chi connectivity index (χ1) is 8.49. The number of aromatic nitrogens is 2. The van der Waals surface area contributed by atoms with Gasteiger partial charge in [0.15, 0.2) is 0 Å². The average molecular weight is 248 g/mol. The Bertz CT molecular complexity index is 569.